The van der Waals surface area contributed by atoms with E-state index in [1.165, 1.54) is 0 Å². The first kappa shape index (κ1) is 9.27. The molecule has 1 heterocycles. The number of nitrogens with one attached hydrogen (secondary N) is 1. The molecule has 2 rings (SSSR count). The van der Waals surface area contributed by atoms with Crippen molar-refractivity contribution in [1.29, 1.82) is 0 Å². The highest BCUT2D eigenvalue weighted by molar-refractivity contribution is 9.10. The molecule has 14 heavy (non-hydrogen) atoms. The van der Waals surface area contributed by atoms with Crippen molar-refractivity contribution in [2.75, 3.05) is 0 Å². The number of para-hydroxylation sites is 1. The predicted octanol–water partition coefficient (Wildman–Crippen LogP) is 2.56. The van der Waals surface area contributed by atoms with Crippen molar-refractivity contribution >= 4 is 32.8 Å². The molecule has 0 spiro atoms. The zero-order chi connectivity index (χ0) is 10.1. The summed E-state index contributed by atoms with van der Waals surface area (Å²) in [6, 6.07) is 5.62. The van der Waals surface area contributed by atoms with Crippen molar-refractivity contribution in [3.05, 3.63) is 34.4 Å². The van der Waals surface area contributed by atoms with E-state index in [0.717, 1.165) is 20.9 Å². The summed E-state index contributed by atoms with van der Waals surface area (Å²) in [5.74, 6) is -0.816. The molecule has 0 atom stereocenters. The summed E-state index contributed by atoms with van der Waals surface area (Å²) in [7, 11) is 0. The fourth-order valence-corrected chi connectivity index (χ4v) is 1.94. The summed E-state index contributed by atoms with van der Waals surface area (Å²) < 4.78 is 0.958. The number of H-pyrrole nitrogens is 1. The van der Waals surface area contributed by atoms with Crippen LogP contribution in [0.25, 0.3) is 10.9 Å². The molecule has 0 aliphatic carbocycles. The van der Waals surface area contributed by atoms with Crippen molar-refractivity contribution < 1.29 is 9.90 Å². The van der Waals surface area contributed by atoms with Crippen LogP contribution in [0.15, 0.2) is 28.9 Å². The molecule has 1 aromatic heterocycles. The topological polar surface area (TPSA) is 53.1 Å². The molecule has 3 nitrogen and oxygen atoms in total. The highest BCUT2D eigenvalue weighted by Gasteiger charge is 2.07. The number of rotatable bonds is 2. The maximum atomic E-state index is 10.6. The highest BCUT2D eigenvalue weighted by atomic mass is 79.9. The van der Waals surface area contributed by atoms with Crippen LogP contribution in [0.5, 0.6) is 0 Å². The minimum Gasteiger partial charge on any atom is -0.481 e. The second-order valence-electron chi connectivity index (χ2n) is 3.05. The third kappa shape index (κ3) is 1.53. The largest absolute Gasteiger partial charge is 0.481 e. The van der Waals surface area contributed by atoms with Crippen LogP contribution in [0.3, 0.4) is 0 Å². The molecule has 0 fully saturated rings. The molecule has 0 saturated heterocycles. The van der Waals surface area contributed by atoms with E-state index < -0.39 is 5.97 Å². The van der Waals surface area contributed by atoms with Crippen LogP contribution in [-0.4, -0.2) is 16.1 Å². The normalized spacial score (nSPS) is 10.6. The first-order chi connectivity index (χ1) is 6.68. The Bertz CT molecular complexity index is 490. The van der Waals surface area contributed by atoms with Gasteiger partial charge in [-0.1, -0.05) is 18.2 Å². The lowest BCUT2D eigenvalue weighted by Gasteiger charge is -1.99. The average molecular weight is 254 g/mol. The van der Waals surface area contributed by atoms with Gasteiger partial charge in [-0.2, -0.15) is 0 Å². The van der Waals surface area contributed by atoms with E-state index in [9.17, 15) is 4.79 Å². The lowest BCUT2D eigenvalue weighted by molar-refractivity contribution is -0.136. The van der Waals surface area contributed by atoms with Crippen molar-refractivity contribution in [1.82, 2.24) is 4.98 Å². The van der Waals surface area contributed by atoms with E-state index in [0.29, 0.717) is 0 Å². The van der Waals surface area contributed by atoms with Gasteiger partial charge in [-0.25, -0.2) is 0 Å². The maximum Gasteiger partial charge on any atom is 0.307 e. The van der Waals surface area contributed by atoms with Crippen molar-refractivity contribution in [3.8, 4) is 0 Å². The van der Waals surface area contributed by atoms with Crippen molar-refractivity contribution in [2.24, 2.45) is 0 Å². The van der Waals surface area contributed by atoms with Gasteiger partial charge in [-0.3, -0.25) is 4.79 Å². The molecule has 0 aliphatic rings. The zero-order valence-electron chi connectivity index (χ0n) is 7.25. The molecule has 0 bridgehead atoms. The fraction of sp³-hybridized carbons (Fsp3) is 0.100. The van der Waals surface area contributed by atoms with Crippen molar-refractivity contribution in [3.63, 3.8) is 0 Å². The number of carboxylic acids is 1. The zero-order valence-corrected chi connectivity index (χ0v) is 8.84. The molecule has 0 radical (unpaired) electrons. The van der Waals surface area contributed by atoms with Crippen LogP contribution >= 0.6 is 15.9 Å². The van der Waals surface area contributed by atoms with Gasteiger partial charge in [0.25, 0.3) is 0 Å². The van der Waals surface area contributed by atoms with Crippen LogP contribution in [0.4, 0.5) is 0 Å². The van der Waals surface area contributed by atoms with E-state index in [-0.39, 0.29) is 6.42 Å². The minimum atomic E-state index is -0.816. The van der Waals surface area contributed by atoms with Gasteiger partial charge in [0, 0.05) is 16.1 Å². The Kier molecular flexibility index (Phi) is 2.29. The number of hydrogen-bond donors (Lipinski definition) is 2. The van der Waals surface area contributed by atoms with Gasteiger partial charge in [-0.15, -0.1) is 0 Å². The number of fused-ring (bicyclic) bond motifs is 1. The fourth-order valence-electron chi connectivity index (χ4n) is 1.49. The quantitative estimate of drug-likeness (QED) is 0.865. The molecule has 0 aliphatic heterocycles. The number of benzene rings is 1. The predicted molar refractivity (Wildman–Crippen MR) is 57.3 cm³/mol. The molecule has 0 unspecified atom stereocenters. The number of halogens is 1. The summed E-state index contributed by atoms with van der Waals surface area (Å²) in [5, 5.41) is 9.72. The number of aliphatic carboxylic acids is 1. The monoisotopic (exact) mass is 253 g/mol. The Morgan fingerprint density at radius 2 is 2.29 bits per heavy atom. The van der Waals surface area contributed by atoms with Gasteiger partial charge >= 0.3 is 5.97 Å². The molecular formula is C10H8BrNO2. The summed E-state index contributed by atoms with van der Waals surface area (Å²) in [6.07, 6.45) is 1.86. The Balaban J connectivity index is 2.59. The van der Waals surface area contributed by atoms with Crippen LogP contribution in [0, 0.1) is 0 Å². The van der Waals surface area contributed by atoms with Gasteiger partial charge in [0.1, 0.15) is 0 Å². The molecule has 2 aromatic rings. The lowest BCUT2D eigenvalue weighted by Crippen LogP contribution is -2.00. The van der Waals surface area contributed by atoms with Gasteiger partial charge < -0.3 is 10.1 Å². The number of carboxylic acid groups (broad SMARTS) is 1. The average Bonchev–Trinajstić information content (AvgIpc) is 2.49. The summed E-state index contributed by atoms with van der Waals surface area (Å²) >= 11 is 3.39. The number of hydrogen-bond acceptors (Lipinski definition) is 1. The number of carbonyl (C=O) groups is 1. The Morgan fingerprint density at radius 3 is 3.00 bits per heavy atom. The molecule has 0 amide bonds. The smallest absolute Gasteiger partial charge is 0.307 e. The van der Waals surface area contributed by atoms with Crippen molar-refractivity contribution in [2.45, 2.75) is 6.42 Å². The number of aromatic nitrogens is 1. The van der Waals surface area contributed by atoms with E-state index in [2.05, 4.69) is 20.9 Å². The standard InChI is InChI=1S/C10H8BrNO2/c11-8-5-12-10-6(4-9(13)14)2-1-3-7(8)10/h1-3,5,12H,4H2,(H,13,14). The van der Waals surface area contributed by atoms with Gasteiger partial charge in [0.2, 0.25) is 0 Å². The molecule has 1 aromatic carbocycles. The lowest BCUT2D eigenvalue weighted by atomic mass is 10.1. The Morgan fingerprint density at radius 1 is 1.50 bits per heavy atom. The van der Waals surface area contributed by atoms with E-state index >= 15 is 0 Å². The third-order valence-corrected chi connectivity index (χ3v) is 2.75. The van der Waals surface area contributed by atoms with Crippen LogP contribution in [-0.2, 0) is 11.2 Å². The Hall–Kier alpha value is -1.29. The first-order valence-corrected chi connectivity index (χ1v) is 4.94. The summed E-state index contributed by atoms with van der Waals surface area (Å²) in [4.78, 5) is 13.6. The van der Waals surface area contributed by atoms with E-state index in [1.54, 1.807) is 0 Å². The van der Waals surface area contributed by atoms with Gasteiger partial charge in [0.05, 0.1) is 11.9 Å². The van der Waals surface area contributed by atoms with Crippen LogP contribution in [0.2, 0.25) is 0 Å². The number of aromatic amines is 1. The van der Waals surface area contributed by atoms with Gasteiger partial charge in [-0.05, 0) is 21.5 Å². The van der Waals surface area contributed by atoms with E-state index in [4.69, 9.17) is 5.11 Å². The molecule has 0 saturated carbocycles. The second-order valence-corrected chi connectivity index (χ2v) is 3.90. The van der Waals surface area contributed by atoms with Crippen LogP contribution < -0.4 is 0 Å². The van der Waals surface area contributed by atoms with E-state index in [1.807, 2.05) is 24.4 Å². The highest BCUT2D eigenvalue weighted by Crippen LogP contribution is 2.25. The second kappa shape index (κ2) is 3.46. The molecule has 2 N–H and O–H groups in total. The third-order valence-electron chi connectivity index (χ3n) is 2.09. The Labute approximate surface area is 88.9 Å². The molecular weight excluding hydrogens is 246 g/mol. The first-order valence-electron chi connectivity index (χ1n) is 4.15. The molecule has 72 valence electrons. The summed E-state index contributed by atoms with van der Waals surface area (Å²) in [5.41, 5.74) is 1.70. The molecule has 4 heteroatoms. The summed E-state index contributed by atoms with van der Waals surface area (Å²) in [6.45, 7) is 0. The van der Waals surface area contributed by atoms with Crippen LogP contribution in [0.1, 0.15) is 5.56 Å². The maximum absolute atomic E-state index is 10.6. The SMILES string of the molecule is O=C(O)Cc1cccc2c(Br)c[nH]c12. The minimum absolute atomic E-state index is 0.0459. The van der Waals surface area contributed by atoms with Gasteiger partial charge in [0.15, 0.2) is 0 Å².